The van der Waals surface area contributed by atoms with Crippen LogP contribution in [0.5, 0.6) is 5.75 Å². The number of methoxy groups -OCH3 is 1. The summed E-state index contributed by atoms with van der Waals surface area (Å²) < 4.78 is 18.1. The molecule has 0 fully saturated rings. The summed E-state index contributed by atoms with van der Waals surface area (Å²) in [5.74, 6) is -0.184. The molecule has 0 saturated carbocycles. The van der Waals surface area contributed by atoms with Gasteiger partial charge in [0.05, 0.1) is 12.1 Å². The lowest BCUT2D eigenvalue weighted by Crippen LogP contribution is -2.32. The first-order chi connectivity index (χ1) is 11.5. The number of hydrogen-bond acceptors (Lipinski definition) is 3. The maximum Gasteiger partial charge on any atom is 0.250 e. The summed E-state index contributed by atoms with van der Waals surface area (Å²) in [6, 6.07) is 11.3. The Morgan fingerprint density at radius 3 is 2.58 bits per heavy atom. The minimum atomic E-state index is -0.528. The number of anilines is 1. The van der Waals surface area contributed by atoms with Crippen molar-refractivity contribution in [3.8, 4) is 5.75 Å². The topological polar surface area (TPSA) is 50.4 Å². The summed E-state index contributed by atoms with van der Waals surface area (Å²) in [5, 5.41) is 5.29. The molecule has 0 bridgehead atoms. The molecule has 0 aromatic heterocycles. The second-order valence-corrected chi connectivity index (χ2v) is 5.49. The largest absolute Gasteiger partial charge is 0.497 e. The van der Waals surface area contributed by atoms with Gasteiger partial charge in [0.1, 0.15) is 11.6 Å². The molecule has 2 aromatic carbocycles. The van der Waals surface area contributed by atoms with Crippen molar-refractivity contribution in [1.82, 2.24) is 5.32 Å². The third-order valence-electron chi connectivity index (χ3n) is 2.96. The number of amides is 1. The molecule has 0 aliphatic heterocycles. The van der Waals surface area contributed by atoms with Crippen molar-refractivity contribution in [3.63, 3.8) is 0 Å². The van der Waals surface area contributed by atoms with Gasteiger partial charge >= 0.3 is 0 Å². The first-order valence-corrected chi connectivity index (χ1v) is 7.65. The van der Waals surface area contributed by atoms with Gasteiger partial charge in [-0.3, -0.25) is 10.1 Å². The van der Waals surface area contributed by atoms with Gasteiger partial charge in [-0.2, -0.15) is 0 Å². The zero-order chi connectivity index (χ0) is 17.5. The van der Waals surface area contributed by atoms with Crippen LogP contribution in [0.3, 0.4) is 0 Å². The summed E-state index contributed by atoms with van der Waals surface area (Å²) in [7, 11) is 1.58. The molecule has 0 unspecified atom stereocenters. The van der Waals surface area contributed by atoms with Gasteiger partial charge in [0.2, 0.25) is 5.91 Å². The summed E-state index contributed by atoms with van der Waals surface area (Å²) in [4.78, 5) is 11.8. The van der Waals surface area contributed by atoms with Crippen LogP contribution in [0.25, 0.3) is 6.08 Å². The van der Waals surface area contributed by atoms with Crippen LogP contribution in [0, 0.1) is 5.82 Å². The van der Waals surface area contributed by atoms with Crippen LogP contribution in [0.2, 0.25) is 5.02 Å². The fraction of sp³-hybridized carbons (Fsp3) is 0.0588. The second-order valence-electron chi connectivity index (χ2n) is 4.68. The number of nitrogens with one attached hydrogen (secondary N) is 2. The second kappa shape index (κ2) is 8.42. The van der Waals surface area contributed by atoms with E-state index >= 15 is 0 Å². The summed E-state index contributed by atoms with van der Waals surface area (Å²) in [6.45, 7) is 0. The monoisotopic (exact) mass is 364 g/mol. The number of halogens is 2. The van der Waals surface area contributed by atoms with E-state index in [-0.39, 0.29) is 10.1 Å². The molecule has 124 valence electrons. The van der Waals surface area contributed by atoms with Crippen LogP contribution >= 0.6 is 23.8 Å². The average molecular weight is 365 g/mol. The normalized spacial score (nSPS) is 10.5. The number of ether oxygens (including phenoxy) is 1. The smallest absolute Gasteiger partial charge is 0.250 e. The van der Waals surface area contributed by atoms with Gasteiger partial charge in [-0.25, -0.2) is 4.39 Å². The van der Waals surface area contributed by atoms with Crippen LogP contribution in [0.4, 0.5) is 10.1 Å². The SMILES string of the molecule is COc1ccc(/C=C/C(=O)NC(=S)Nc2ccc(F)c(Cl)c2)cc1. The highest BCUT2D eigenvalue weighted by Crippen LogP contribution is 2.19. The molecule has 0 radical (unpaired) electrons. The minimum Gasteiger partial charge on any atom is -0.497 e. The Morgan fingerprint density at radius 2 is 1.96 bits per heavy atom. The van der Waals surface area contributed by atoms with Crippen LogP contribution in [-0.4, -0.2) is 18.1 Å². The number of carbonyl (C=O) groups excluding carboxylic acids is 1. The van der Waals surface area contributed by atoms with Crippen molar-refractivity contribution in [2.75, 3.05) is 12.4 Å². The first kappa shape index (κ1) is 17.9. The van der Waals surface area contributed by atoms with Gasteiger partial charge in [-0.1, -0.05) is 23.7 Å². The maximum atomic E-state index is 13.1. The van der Waals surface area contributed by atoms with Gasteiger partial charge in [0.25, 0.3) is 0 Å². The van der Waals surface area contributed by atoms with Crippen LogP contribution in [-0.2, 0) is 4.79 Å². The molecular weight excluding hydrogens is 351 g/mol. The van der Waals surface area contributed by atoms with Crippen LogP contribution < -0.4 is 15.4 Å². The molecular formula is C17H14ClFN2O2S. The molecule has 0 spiro atoms. The van der Waals surface area contributed by atoms with E-state index in [1.165, 1.54) is 24.3 Å². The molecule has 24 heavy (non-hydrogen) atoms. The number of thiocarbonyl (C=S) groups is 1. The third kappa shape index (κ3) is 5.33. The van der Waals surface area contributed by atoms with Crippen molar-refractivity contribution in [3.05, 3.63) is 64.9 Å². The van der Waals surface area contributed by atoms with Crippen molar-refractivity contribution in [1.29, 1.82) is 0 Å². The van der Waals surface area contributed by atoms with Gasteiger partial charge < -0.3 is 10.1 Å². The number of hydrogen-bond donors (Lipinski definition) is 2. The Hall–Kier alpha value is -2.44. The number of carbonyl (C=O) groups is 1. The van der Waals surface area contributed by atoms with E-state index in [1.54, 1.807) is 25.3 Å². The van der Waals surface area contributed by atoms with Crippen molar-refractivity contribution in [2.45, 2.75) is 0 Å². The highest BCUT2D eigenvalue weighted by Gasteiger charge is 2.04. The zero-order valence-corrected chi connectivity index (χ0v) is 14.2. The quantitative estimate of drug-likeness (QED) is 0.635. The van der Waals surface area contributed by atoms with Crippen LogP contribution in [0.15, 0.2) is 48.5 Å². The highest BCUT2D eigenvalue weighted by molar-refractivity contribution is 7.80. The lowest BCUT2D eigenvalue weighted by Gasteiger charge is -2.08. The molecule has 7 heteroatoms. The van der Waals surface area contributed by atoms with E-state index < -0.39 is 11.7 Å². The van der Waals surface area contributed by atoms with Gasteiger partial charge in [0, 0.05) is 11.8 Å². The molecule has 0 atom stereocenters. The van der Waals surface area contributed by atoms with E-state index in [9.17, 15) is 9.18 Å². The maximum absolute atomic E-state index is 13.1. The Labute approximate surface area is 149 Å². The Bertz CT molecular complexity index is 779. The Kier molecular flexibility index (Phi) is 6.28. The Morgan fingerprint density at radius 1 is 1.25 bits per heavy atom. The molecule has 1 amide bonds. The summed E-state index contributed by atoms with van der Waals surface area (Å²) in [6.07, 6.45) is 3.00. The average Bonchev–Trinajstić information content (AvgIpc) is 2.56. The van der Waals surface area contributed by atoms with E-state index in [2.05, 4.69) is 10.6 Å². The fourth-order valence-electron chi connectivity index (χ4n) is 1.78. The molecule has 0 aliphatic carbocycles. The Balaban J connectivity index is 1.89. The number of rotatable bonds is 4. The summed E-state index contributed by atoms with van der Waals surface area (Å²) in [5.41, 5.74) is 1.32. The molecule has 0 heterocycles. The van der Waals surface area contributed by atoms with E-state index in [0.717, 1.165) is 11.3 Å². The number of benzene rings is 2. The lowest BCUT2D eigenvalue weighted by atomic mass is 10.2. The molecule has 2 rings (SSSR count). The lowest BCUT2D eigenvalue weighted by molar-refractivity contribution is -0.115. The van der Waals surface area contributed by atoms with Gasteiger partial charge in [-0.15, -0.1) is 0 Å². The molecule has 2 N–H and O–H groups in total. The molecule has 4 nitrogen and oxygen atoms in total. The zero-order valence-electron chi connectivity index (χ0n) is 12.7. The van der Waals surface area contributed by atoms with E-state index in [1.807, 2.05) is 12.1 Å². The van der Waals surface area contributed by atoms with Crippen LogP contribution in [0.1, 0.15) is 5.56 Å². The van der Waals surface area contributed by atoms with Crippen molar-refractivity contribution in [2.24, 2.45) is 0 Å². The third-order valence-corrected chi connectivity index (χ3v) is 3.45. The van der Waals surface area contributed by atoms with Crippen molar-refractivity contribution < 1.29 is 13.9 Å². The van der Waals surface area contributed by atoms with E-state index in [0.29, 0.717) is 5.69 Å². The molecule has 0 aliphatic rings. The van der Waals surface area contributed by atoms with E-state index in [4.69, 9.17) is 28.6 Å². The standard InChI is InChI=1S/C17H14ClFN2O2S/c1-23-13-6-2-11(3-7-13)4-9-16(22)21-17(24)20-12-5-8-15(19)14(18)10-12/h2-10H,1H3,(H2,20,21,22,24)/b9-4+. The molecule has 0 saturated heterocycles. The summed E-state index contributed by atoms with van der Waals surface area (Å²) >= 11 is 10.7. The van der Waals surface area contributed by atoms with Gasteiger partial charge in [0.15, 0.2) is 5.11 Å². The predicted molar refractivity (Wildman–Crippen MR) is 97.8 cm³/mol. The molecule has 2 aromatic rings. The fourth-order valence-corrected chi connectivity index (χ4v) is 2.18. The highest BCUT2D eigenvalue weighted by atomic mass is 35.5. The van der Waals surface area contributed by atoms with Gasteiger partial charge in [-0.05, 0) is 54.2 Å². The minimum absolute atomic E-state index is 0.0338. The predicted octanol–water partition coefficient (Wildman–Crippen LogP) is 4.01. The first-order valence-electron chi connectivity index (χ1n) is 6.87. The van der Waals surface area contributed by atoms with Crippen molar-refractivity contribution >= 4 is 46.6 Å².